The number of carbonyl (C=O) groups excluding carboxylic acids is 2. The molecule has 2 aromatic rings. The van der Waals surface area contributed by atoms with Gasteiger partial charge in [-0.15, -0.1) is 0 Å². The molecule has 29 heavy (non-hydrogen) atoms. The van der Waals surface area contributed by atoms with Gasteiger partial charge in [-0.1, -0.05) is 6.07 Å². The van der Waals surface area contributed by atoms with Gasteiger partial charge in [0.05, 0.1) is 7.11 Å². The summed E-state index contributed by atoms with van der Waals surface area (Å²) in [5.74, 6) is -0.447. The maximum atomic E-state index is 12.5. The van der Waals surface area contributed by atoms with Crippen LogP contribution < -0.4 is 20.5 Å². The molecule has 0 atom stereocenters. The van der Waals surface area contributed by atoms with Gasteiger partial charge in [0, 0.05) is 16.9 Å². The molecule has 0 radical (unpaired) electrons. The van der Waals surface area contributed by atoms with Gasteiger partial charge in [-0.05, 0) is 57.2 Å². The molecular formula is C19H23N3O6S. The number of carbonyl (C=O) groups is 2. The van der Waals surface area contributed by atoms with Gasteiger partial charge in [0.15, 0.2) is 0 Å². The van der Waals surface area contributed by atoms with Crippen LogP contribution in [0.5, 0.6) is 5.75 Å². The van der Waals surface area contributed by atoms with Crippen LogP contribution in [0.25, 0.3) is 0 Å². The number of rotatable bonds is 5. The number of hydrogen-bond acceptors (Lipinski definition) is 6. The number of anilines is 2. The molecule has 2 amide bonds. The Morgan fingerprint density at radius 1 is 1.00 bits per heavy atom. The molecule has 9 nitrogen and oxygen atoms in total. The highest BCUT2D eigenvalue weighted by Crippen LogP contribution is 2.26. The second-order valence-corrected chi connectivity index (χ2v) is 8.60. The number of sulfonamides is 1. The van der Waals surface area contributed by atoms with Crippen molar-refractivity contribution in [2.24, 2.45) is 5.14 Å². The molecule has 0 unspecified atom stereocenters. The van der Waals surface area contributed by atoms with E-state index in [1.807, 2.05) is 0 Å². The highest BCUT2D eigenvalue weighted by atomic mass is 32.2. The van der Waals surface area contributed by atoms with Crippen molar-refractivity contribution in [2.75, 3.05) is 17.7 Å². The quantitative estimate of drug-likeness (QED) is 0.679. The van der Waals surface area contributed by atoms with Crippen molar-refractivity contribution in [3.05, 3.63) is 48.0 Å². The van der Waals surface area contributed by atoms with Crippen LogP contribution in [0, 0.1) is 0 Å². The fourth-order valence-electron chi connectivity index (χ4n) is 2.34. The van der Waals surface area contributed by atoms with E-state index in [-0.39, 0.29) is 21.9 Å². The van der Waals surface area contributed by atoms with Gasteiger partial charge >= 0.3 is 6.09 Å². The van der Waals surface area contributed by atoms with Crippen LogP contribution in [0.1, 0.15) is 31.1 Å². The van der Waals surface area contributed by atoms with Crippen LogP contribution in [-0.4, -0.2) is 33.1 Å². The lowest BCUT2D eigenvalue weighted by Crippen LogP contribution is -2.27. The molecule has 156 valence electrons. The number of hydrogen-bond donors (Lipinski definition) is 3. The second-order valence-electron chi connectivity index (χ2n) is 7.07. The van der Waals surface area contributed by atoms with Gasteiger partial charge in [-0.25, -0.2) is 18.4 Å². The second kappa shape index (κ2) is 8.50. The van der Waals surface area contributed by atoms with Crippen LogP contribution in [0.2, 0.25) is 0 Å². The molecule has 10 heteroatoms. The number of amides is 2. The Labute approximate surface area is 169 Å². The van der Waals surface area contributed by atoms with Crippen molar-refractivity contribution >= 4 is 33.4 Å². The lowest BCUT2D eigenvalue weighted by Gasteiger charge is -2.19. The van der Waals surface area contributed by atoms with E-state index in [1.165, 1.54) is 31.4 Å². The average molecular weight is 421 g/mol. The normalized spacial score (nSPS) is 11.5. The first-order chi connectivity index (χ1) is 13.4. The molecule has 0 heterocycles. The molecule has 0 aliphatic heterocycles. The lowest BCUT2D eigenvalue weighted by atomic mass is 10.2. The Morgan fingerprint density at radius 2 is 1.66 bits per heavy atom. The number of primary sulfonamides is 1. The predicted octanol–water partition coefficient (Wildman–Crippen LogP) is 2.94. The van der Waals surface area contributed by atoms with E-state index >= 15 is 0 Å². The minimum absolute atomic E-state index is 0.0639. The summed E-state index contributed by atoms with van der Waals surface area (Å²) in [6.45, 7) is 5.21. The van der Waals surface area contributed by atoms with E-state index in [2.05, 4.69) is 10.6 Å². The number of methoxy groups -OCH3 is 1. The van der Waals surface area contributed by atoms with Gasteiger partial charge in [-0.2, -0.15) is 0 Å². The first kappa shape index (κ1) is 22.2. The minimum Gasteiger partial charge on any atom is -0.495 e. The number of benzene rings is 2. The first-order valence-corrected chi connectivity index (χ1v) is 10.1. The van der Waals surface area contributed by atoms with Gasteiger partial charge < -0.3 is 14.8 Å². The van der Waals surface area contributed by atoms with Gasteiger partial charge in [0.2, 0.25) is 10.0 Å². The topological polar surface area (TPSA) is 137 Å². The van der Waals surface area contributed by atoms with Crippen molar-refractivity contribution in [3.8, 4) is 5.75 Å². The molecular weight excluding hydrogens is 398 g/mol. The molecule has 0 aliphatic rings. The lowest BCUT2D eigenvalue weighted by molar-refractivity contribution is 0.0635. The fourth-order valence-corrected chi connectivity index (χ4v) is 3.06. The summed E-state index contributed by atoms with van der Waals surface area (Å²) in [7, 11) is -2.73. The molecule has 0 spiro atoms. The van der Waals surface area contributed by atoms with E-state index in [9.17, 15) is 18.0 Å². The van der Waals surface area contributed by atoms with Crippen LogP contribution in [0.3, 0.4) is 0 Å². The first-order valence-electron chi connectivity index (χ1n) is 8.51. The SMILES string of the molecule is COc1ccc(NC(=O)c2cccc(NC(=O)OC(C)(C)C)c2)cc1S(N)(=O)=O. The standard InChI is InChI=1S/C19H23N3O6S/c1-19(2,3)28-18(24)22-13-7-5-6-12(10-13)17(23)21-14-8-9-15(27-4)16(11-14)29(20,25)26/h5-11H,1-4H3,(H,21,23)(H,22,24)(H2,20,25,26). The zero-order valence-corrected chi connectivity index (χ0v) is 17.3. The third kappa shape index (κ3) is 6.47. The average Bonchev–Trinajstić information content (AvgIpc) is 2.59. The van der Waals surface area contributed by atoms with Crippen LogP contribution >= 0.6 is 0 Å². The highest BCUT2D eigenvalue weighted by molar-refractivity contribution is 7.89. The summed E-state index contributed by atoms with van der Waals surface area (Å²) in [6, 6.07) is 10.3. The number of ether oxygens (including phenoxy) is 2. The third-order valence-electron chi connectivity index (χ3n) is 3.50. The predicted molar refractivity (Wildman–Crippen MR) is 109 cm³/mol. The Balaban J connectivity index is 2.19. The Kier molecular flexibility index (Phi) is 6.50. The zero-order chi connectivity index (χ0) is 21.8. The number of nitrogens with one attached hydrogen (secondary N) is 2. The summed E-state index contributed by atoms with van der Waals surface area (Å²) >= 11 is 0. The van der Waals surface area contributed by atoms with Crippen LogP contribution in [-0.2, 0) is 14.8 Å². The number of nitrogens with two attached hydrogens (primary N) is 1. The molecule has 2 aromatic carbocycles. The summed E-state index contributed by atoms with van der Waals surface area (Å²) in [5.41, 5.74) is 0.165. The zero-order valence-electron chi connectivity index (χ0n) is 16.5. The minimum atomic E-state index is -4.04. The van der Waals surface area contributed by atoms with Gasteiger partial charge in [-0.3, -0.25) is 10.1 Å². The third-order valence-corrected chi connectivity index (χ3v) is 4.43. The van der Waals surface area contributed by atoms with Crippen molar-refractivity contribution in [1.82, 2.24) is 0 Å². The summed E-state index contributed by atoms with van der Waals surface area (Å²) in [5, 5.41) is 10.3. The van der Waals surface area contributed by atoms with E-state index < -0.39 is 27.6 Å². The van der Waals surface area contributed by atoms with E-state index in [0.717, 1.165) is 0 Å². The fraction of sp³-hybridized carbons (Fsp3) is 0.263. The highest BCUT2D eigenvalue weighted by Gasteiger charge is 2.18. The van der Waals surface area contributed by atoms with Gasteiger partial charge in [0.1, 0.15) is 16.2 Å². The molecule has 0 saturated heterocycles. The molecule has 4 N–H and O–H groups in total. The summed E-state index contributed by atoms with van der Waals surface area (Å²) < 4.78 is 33.6. The maximum absolute atomic E-state index is 12.5. The Hall–Kier alpha value is -3.11. The smallest absolute Gasteiger partial charge is 0.412 e. The van der Waals surface area contributed by atoms with E-state index in [0.29, 0.717) is 5.69 Å². The molecule has 0 saturated carbocycles. The largest absolute Gasteiger partial charge is 0.495 e. The molecule has 0 aliphatic carbocycles. The molecule has 0 bridgehead atoms. The maximum Gasteiger partial charge on any atom is 0.412 e. The monoisotopic (exact) mass is 421 g/mol. The van der Waals surface area contributed by atoms with E-state index in [4.69, 9.17) is 14.6 Å². The molecule has 0 fully saturated rings. The van der Waals surface area contributed by atoms with Crippen molar-refractivity contribution in [2.45, 2.75) is 31.3 Å². The molecule has 2 rings (SSSR count). The van der Waals surface area contributed by atoms with Crippen molar-refractivity contribution < 1.29 is 27.5 Å². The van der Waals surface area contributed by atoms with Crippen LogP contribution in [0.4, 0.5) is 16.2 Å². The van der Waals surface area contributed by atoms with E-state index in [1.54, 1.807) is 39.0 Å². The van der Waals surface area contributed by atoms with Gasteiger partial charge in [0.25, 0.3) is 5.91 Å². The van der Waals surface area contributed by atoms with Crippen molar-refractivity contribution in [3.63, 3.8) is 0 Å². The van der Waals surface area contributed by atoms with Crippen LogP contribution in [0.15, 0.2) is 47.4 Å². The Morgan fingerprint density at radius 3 is 2.24 bits per heavy atom. The molecule has 0 aromatic heterocycles. The summed E-state index contributed by atoms with van der Waals surface area (Å²) in [6.07, 6.45) is -0.650. The summed E-state index contributed by atoms with van der Waals surface area (Å²) in [4.78, 5) is 24.2. The van der Waals surface area contributed by atoms with Crippen molar-refractivity contribution in [1.29, 1.82) is 0 Å². The Bertz CT molecular complexity index is 1030.